The Balaban J connectivity index is 0.000000359. The zero-order chi connectivity index (χ0) is 35.1. The summed E-state index contributed by atoms with van der Waals surface area (Å²) in [6.07, 6.45) is 16.9. The summed E-state index contributed by atoms with van der Waals surface area (Å²) < 4.78 is 20.8. The van der Waals surface area contributed by atoms with E-state index in [1.165, 1.54) is 37.0 Å². The van der Waals surface area contributed by atoms with E-state index in [-0.39, 0.29) is 5.82 Å². The number of aryl methyl sites for hydroxylation is 1. The first-order valence-electron chi connectivity index (χ1n) is 18.2. The Kier molecular flexibility index (Phi) is 19.8. The lowest BCUT2D eigenvalue weighted by atomic mass is 9.96. The van der Waals surface area contributed by atoms with E-state index in [0.717, 1.165) is 60.4 Å². The number of ether oxygens (including phenoxy) is 1. The Bertz CT molecular complexity index is 1390. The van der Waals surface area contributed by atoms with Gasteiger partial charge >= 0.3 is 0 Å². The highest BCUT2D eigenvalue weighted by Crippen LogP contribution is 2.30. The van der Waals surface area contributed by atoms with Crippen LogP contribution in [-0.4, -0.2) is 11.4 Å². The minimum absolute atomic E-state index is 0.247. The fourth-order valence-corrected chi connectivity index (χ4v) is 4.71. The van der Waals surface area contributed by atoms with Crippen LogP contribution in [0.5, 0.6) is 5.75 Å². The summed E-state index contributed by atoms with van der Waals surface area (Å²) in [4.78, 5) is 9.47. The SMILES string of the molecule is C1CCC1.CC/C=C/C(=C\N=C(C)C(C)C)c1cc(C)c(N=C(CCC)C(C)CCC)cc1F.c1ccc(COc2ccccc2)cc1. The monoisotopic (exact) mass is 652 g/mol. The van der Waals surface area contributed by atoms with Gasteiger partial charge in [0.25, 0.3) is 0 Å². The smallest absolute Gasteiger partial charge is 0.133 e. The molecule has 0 N–H and O–H groups in total. The van der Waals surface area contributed by atoms with Crippen LogP contribution in [0.1, 0.15) is 123 Å². The third kappa shape index (κ3) is 15.4. The lowest BCUT2D eigenvalue weighted by Crippen LogP contribution is -2.10. The van der Waals surface area contributed by atoms with Gasteiger partial charge in [0, 0.05) is 34.8 Å². The summed E-state index contributed by atoms with van der Waals surface area (Å²) in [6, 6.07) is 23.5. The summed E-state index contributed by atoms with van der Waals surface area (Å²) in [6.45, 7) is 17.5. The normalized spacial score (nSPS) is 14.1. The summed E-state index contributed by atoms with van der Waals surface area (Å²) in [5.41, 5.74) is 6.50. The van der Waals surface area contributed by atoms with Crippen LogP contribution >= 0.6 is 0 Å². The predicted molar refractivity (Wildman–Crippen MR) is 208 cm³/mol. The quantitative estimate of drug-likeness (QED) is 0.126. The topological polar surface area (TPSA) is 34.0 Å². The molecule has 48 heavy (non-hydrogen) atoms. The van der Waals surface area contributed by atoms with Crippen LogP contribution in [0.4, 0.5) is 10.1 Å². The molecular weight excluding hydrogens is 591 g/mol. The highest BCUT2D eigenvalue weighted by Gasteiger charge is 2.14. The third-order valence-electron chi connectivity index (χ3n) is 8.42. The number of halogens is 1. The fraction of sp³-hybridized carbons (Fsp3) is 0.455. The first-order chi connectivity index (χ1) is 23.2. The van der Waals surface area contributed by atoms with Gasteiger partial charge in [-0.3, -0.25) is 9.98 Å². The number of rotatable bonds is 14. The number of hydrogen-bond donors (Lipinski definition) is 0. The summed E-state index contributed by atoms with van der Waals surface area (Å²) in [7, 11) is 0. The van der Waals surface area contributed by atoms with Crippen LogP contribution in [0.3, 0.4) is 0 Å². The predicted octanol–water partition coefficient (Wildman–Crippen LogP) is 13.7. The van der Waals surface area contributed by atoms with Gasteiger partial charge in [0.05, 0.1) is 5.69 Å². The molecule has 1 aliphatic carbocycles. The van der Waals surface area contributed by atoms with E-state index < -0.39 is 0 Å². The molecule has 0 amide bonds. The molecule has 4 heteroatoms. The Morgan fingerprint density at radius 1 is 0.875 bits per heavy atom. The lowest BCUT2D eigenvalue weighted by Gasteiger charge is -2.15. The maximum Gasteiger partial charge on any atom is 0.133 e. The van der Waals surface area contributed by atoms with Crippen LogP contribution in [0, 0.1) is 24.6 Å². The van der Waals surface area contributed by atoms with E-state index in [4.69, 9.17) is 9.73 Å². The molecule has 1 fully saturated rings. The van der Waals surface area contributed by atoms with Crippen molar-refractivity contribution in [1.82, 2.24) is 0 Å². The molecule has 0 aliphatic heterocycles. The molecule has 1 saturated carbocycles. The van der Waals surface area contributed by atoms with Gasteiger partial charge in [0.1, 0.15) is 18.2 Å². The number of nitrogens with zero attached hydrogens (tertiary/aromatic N) is 2. The molecule has 0 aromatic heterocycles. The Morgan fingerprint density at radius 3 is 2.04 bits per heavy atom. The van der Waals surface area contributed by atoms with Crippen LogP contribution in [-0.2, 0) is 6.61 Å². The number of hydrogen-bond acceptors (Lipinski definition) is 3. The molecule has 3 aromatic carbocycles. The van der Waals surface area contributed by atoms with Crippen molar-refractivity contribution >= 4 is 22.7 Å². The molecule has 1 atom stereocenters. The van der Waals surface area contributed by atoms with Crippen molar-refractivity contribution in [3.63, 3.8) is 0 Å². The van der Waals surface area contributed by atoms with E-state index in [2.05, 4.69) is 58.7 Å². The van der Waals surface area contributed by atoms with Crippen LogP contribution in [0.15, 0.2) is 101 Å². The first-order valence-corrected chi connectivity index (χ1v) is 18.2. The first kappa shape index (κ1) is 40.4. The zero-order valence-electron chi connectivity index (χ0n) is 31.1. The van der Waals surface area contributed by atoms with E-state index in [0.29, 0.717) is 24.0 Å². The van der Waals surface area contributed by atoms with Gasteiger partial charge in [0.15, 0.2) is 0 Å². The van der Waals surface area contributed by atoms with Gasteiger partial charge in [0.2, 0.25) is 0 Å². The molecule has 1 unspecified atom stereocenters. The van der Waals surface area contributed by atoms with Gasteiger partial charge < -0.3 is 4.74 Å². The van der Waals surface area contributed by atoms with Crippen molar-refractivity contribution < 1.29 is 9.13 Å². The molecule has 0 heterocycles. The van der Waals surface area contributed by atoms with E-state index >= 15 is 4.39 Å². The largest absolute Gasteiger partial charge is 0.489 e. The zero-order valence-corrected chi connectivity index (χ0v) is 31.1. The summed E-state index contributed by atoms with van der Waals surface area (Å²) in [5, 5.41) is 0. The second-order valence-corrected chi connectivity index (χ2v) is 13.0. The van der Waals surface area contributed by atoms with Crippen molar-refractivity contribution in [2.75, 3.05) is 0 Å². The minimum Gasteiger partial charge on any atom is -0.489 e. The number of allylic oxidation sites excluding steroid dienone is 3. The van der Waals surface area contributed by atoms with Crippen molar-refractivity contribution in [1.29, 1.82) is 0 Å². The molecule has 260 valence electrons. The second kappa shape index (κ2) is 23.5. The van der Waals surface area contributed by atoms with Gasteiger partial charge in [-0.05, 0) is 74.3 Å². The molecular formula is C44H61FN2O. The summed E-state index contributed by atoms with van der Waals surface area (Å²) >= 11 is 0. The van der Waals surface area contributed by atoms with E-state index in [9.17, 15) is 0 Å². The Morgan fingerprint density at radius 2 is 1.50 bits per heavy atom. The van der Waals surface area contributed by atoms with E-state index in [1.54, 1.807) is 12.3 Å². The van der Waals surface area contributed by atoms with E-state index in [1.807, 2.05) is 80.6 Å². The Labute approximate surface area is 292 Å². The van der Waals surface area contributed by atoms with Gasteiger partial charge in [-0.1, -0.05) is 141 Å². The average molecular weight is 653 g/mol. The molecule has 4 rings (SSSR count). The number of para-hydroxylation sites is 1. The van der Waals surface area contributed by atoms with Gasteiger partial charge in [-0.25, -0.2) is 4.39 Å². The molecule has 0 saturated heterocycles. The van der Waals surface area contributed by atoms with Crippen LogP contribution in [0.2, 0.25) is 0 Å². The molecule has 1 aliphatic rings. The second-order valence-electron chi connectivity index (χ2n) is 13.0. The number of benzene rings is 3. The maximum absolute atomic E-state index is 15.2. The Hall–Kier alpha value is -3.79. The van der Waals surface area contributed by atoms with Crippen molar-refractivity contribution in [3.05, 3.63) is 114 Å². The number of aliphatic imine (C=N–C) groups is 2. The molecule has 0 spiro atoms. The van der Waals surface area contributed by atoms with Crippen LogP contribution in [0.25, 0.3) is 5.57 Å². The van der Waals surface area contributed by atoms with Gasteiger partial charge in [-0.2, -0.15) is 0 Å². The van der Waals surface area contributed by atoms with Crippen molar-refractivity contribution in [2.24, 2.45) is 21.8 Å². The lowest BCUT2D eigenvalue weighted by molar-refractivity contribution is 0.306. The standard InChI is InChI=1S/C27H41FN2.C13H12O.C4H8/c1-9-12-15-23(18-29-22(8)19(4)5)24-16-21(7)27(17-25(24)28)30-26(14-11-3)20(6)13-10-2;1-3-7-12(8-4-1)11-14-13-9-5-2-6-10-13;1-2-4-3-1/h12,15-20H,9-11,13-14H2,1-8H3;1-10H,11H2;1-4H2/b15-12+,23-18+,29-22?,30-26?;;. The molecule has 0 radical (unpaired) electrons. The highest BCUT2D eigenvalue weighted by molar-refractivity contribution is 5.89. The maximum atomic E-state index is 15.2. The minimum atomic E-state index is -0.247. The summed E-state index contributed by atoms with van der Waals surface area (Å²) in [5.74, 6) is 1.45. The molecule has 0 bridgehead atoms. The molecule has 3 aromatic rings. The fourth-order valence-electron chi connectivity index (χ4n) is 4.71. The van der Waals surface area contributed by atoms with Crippen molar-refractivity contribution in [3.8, 4) is 5.75 Å². The van der Waals surface area contributed by atoms with Gasteiger partial charge in [-0.15, -0.1) is 0 Å². The molecule has 3 nitrogen and oxygen atoms in total. The highest BCUT2D eigenvalue weighted by atomic mass is 19.1. The van der Waals surface area contributed by atoms with Crippen molar-refractivity contribution in [2.45, 2.75) is 120 Å². The average Bonchev–Trinajstić information content (AvgIpc) is 3.05. The van der Waals surface area contributed by atoms with Crippen LogP contribution < -0.4 is 4.74 Å². The third-order valence-corrected chi connectivity index (χ3v) is 8.42.